The highest BCUT2D eigenvalue weighted by molar-refractivity contribution is 7.18. The zero-order valence-corrected chi connectivity index (χ0v) is 14.4. The molecule has 2 aromatic heterocycles. The van der Waals surface area contributed by atoms with Crippen LogP contribution < -0.4 is 10.9 Å². The van der Waals surface area contributed by atoms with Gasteiger partial charge in [0.25, 0.3) is 5.56 Å². The maximum atomic E-state index is 12.2. The van der Waals surface area contributed by atoms with Gasteiger partial charge in [-0.2, -0.15) is 0 Å². The zero-order valence-electron chi connectivity index (χ0n) is 13.6. The highest BCUT2D eigenvalue weighted by Gasteiger charge is 2.12. The Kier molecular flexibility index (Phi) is 4.88. The third-order valence-electron chi connectivity index (χ3n) is 4.14. The molecule has 1 aromatic carbocycles. The van der Waals surface area contributed by atoms with E-state index in [4.69, 9.17) is 0 Å². The van der Waals surface area contributed by atoms with E-state index in [2.05, 4.69) is 39.6 Å². The van der Waals surface area contributed by atoms with E-state index >= 15 is 0 Å². The summed E-state index contributed by atoms with van der Waals surface area (Å²) in [4.78, 5) is 21.8. The second kappa shape index (κ2) is 7.06. The van der Waals surface area contributed by atoms with Crippen LogP contribution in [0.15, 0.2) is 35.1 Å². The first-order valence-corrected chi connectivity index (χ1v) is 8.81. The van der Waals surface area contributed by atoms with Crippen LogP contribution in [0.5, 0.6) is 0 Å². The van der Waals surface area contributed by atoms with Crippen LogP contribution >= 0.6 is 11.3 Å². The number of nitrogens with one attached hydrogen (secondary N) is 1. The smallest absolute Gasteiger partial charge is 0.260 e. The van der Waals surface area contributed by atoms with E-state index in [0.717, 1.165) is 47.5 Å². The zero-order chi connectivity index (χ0) is 16.2. The fourth-order valence-corrected chi connectivity index (χ4v) is 3.78. The molecular weight excluding hydrogens is 306 g/mol. The molecule has 5 heteroatoms. The normalized spacial score (nSPS) is 11.2. The summed E-state index contributed by atoms with van der Waals surface area (Å²) in [7, 11) is 0. The lowest BCUT2D eigenvalue weighted by molar-refractivity contribution is -0.671. The molecule has 0 fully saturated rings. The number of benzene rings is 1. The fourth-order valence-electron chi connectivity index (χ4n) is 2.73. The van der Waals surface area contributed by atoms with Gasteiger partial charge in [-0.05, 0) is 31.4 Å². The number of nitrogens with zero attached hydrogens (tertiary/aromatic N) is 1. The van der Waals surface area contributed by atoms with E-state index in [9.17, 15) is 4.79 Å². The van der Waals surface area contributed by atoms with E-state index in [1.54, 1.807) is 11.3 Å². The monoisotopic (exact) mass is 328 g/mol. The van der Waals surface area contributed by atoms with Crippen molar-refractivity contribution in [3.05, 3.63) is 62.5 Å². The Labute approximate surface area is 139 Å². The van der Waals surface area contributed by atoms with Crippen molar-refractivity contribution in [3.63, 3.8) is 0 Å². The van der Waals surface area contributed by atoms with Crippen molar-refractivity contribution in [1.29, 1.82) is 0 Å². The average Bonchev–Trinajstić information content (AvgIpc) is 2.83. The number of H-pyrrole nitrogens is 1. The van der Waals surface area contributed by atoms with Crippen LogP contribution in [-0.2, 0) is 13.0 Å². The number of rotatable bonds is 6. The van der Waals surface area contributed by atoms with Crippen LogP contribution in [-0.4, -0.2) is 16.5 Å². The van der Waals surface area contributed by atoms with E-state index in [-0.39, 0.29) is 5.56 Å². The van der Waals surface area contributed by atoms with Gasteiger partial charge >= 0.3 is 0 Å². The van der Waals surface area contributed by atoms with Crippen molar-refractivity contribution in [2.45, 2.75) is 33.2 Å². The van der Waals surface area contributed by atoms with Gasteiger partial charge in [0.05, 0.1) is 11.9 Å². The molecule has 0 amide bonds. The van der Waals surface area contributed by atoms with Crippen molar-refractivity contribution in [2.24, 2.45) is 0 Å². The van der Waals surface area contributed by atoms with Crippen LogP contribution in [0, 0.1) is 13.8 Å². The number of aromatic amines is 1. The summed E-state index contributed by atoms with van der Waals surface area (Å²) in [5.74, 6) is 0.767. The van der Waals surface area contributed by atoms with Gasteiger partial charge in [-0.1, -0.05) is 30.3 Å². The quantitative estimate of drug-likeness (QED) is 0.682. The summed E-state index contributed by atoms with van der Waals surface area (Å²) in [5, 5.41) is 2.96. The van der Waals surface area contributed by atoms with Crippen LogP contribution in [0.2, 0.25) is 0 Å². The number of aryl methyl sites for hydroxylation is 3. The summed E-state index contributed by atoms with van der Waals surface area (Å²) in [6.45, 7) is 5.77. The Morgan fingerprint density at radius 1 is 1.22 bits per heavy atom. The van der Waals surface area contributed by atoms with Crippen molar-refractivity contribution in [1.82, 2.24) is 9.97 Å². The number of hydrogen-bond acceptors (Lipinski definition) is 3. The predicted octanol–water partition coefficient (Wildman–Crippen LogP) is 2.30. The molecule has 120 valence electrons. The molecule has 0 spiro atoms. The molecule has 0 bridgehead atoms. The van der Waals surface area contributed by atoms with E-state index in [0.29, 0.717) is 0 Å². The molecule has 0 radical (unpaired) electrons. The molecule has 3 aromatic rings. The van der Waals surface area contributed by atoms with Gasteiger partial charge < -0.3 is 10.3 Å². The molecule has 0 aliphatic carbocycles. The van der Waals surface area contributed by atoms with Gasteiger partial charge in [0.2, 0.25) is 0 Å². The minimum absolute atomic E-state index is 0.00969. The van der Waals surface area contributed by atoms with Crippen molar-refractivity contribution < 1.29 is 5.32 Å². The molecule has 0 saturated heterocycles. The molecule has 3 rings (SSSR count). The molecule has 0 atom stereocenters. The molecule has 0 aliphatic rings. The van der Waals surface area contributed by atoms with Crippen LogP contribution in [0.4, 0.5) is 0 Å². The topological polar surface area (TPSA) is 62.4 Å². The Morgan fingerprint density at radius 3 is 2.78 bits per heavy atom. The maximum Gasteiger partial charge on any atom is 0.260 e. The van der Waals surface area contributed by atoms with Crippen LogP contribution in [0.3, 0.4) is 0 Å². The summed E-state index contributed by atoms with van der Waals surface area (Å²) in [6, 6.07) is 10.5. The van der Waals surface area contributed by atoms with Gasteiger partial charge in [0, 0.05) is 11.3 Å². The number of nitrogens with two attached hydrogens (primary N) is 1. The van der Waals surface area contributed by atoms with E-state index in [1.807, 2.05) is 19.9 Å². The summed E-state index contributed by atoms with van der Waals surface area (Å²) < 4.78 is 0. The Bertz CT molecular complexity index is 852. The Hall–Kier alpha value is -1.98. The summed E-state index contributed by atoms with van der Waals surface area (Å²) in [5.41, 5.74) is 2.42. The fraction of sp³-hybridized carbons (Fsp3) is 0.333. The lowest BCUT2D eigenvalue weighted by Crippen LogP contribution is -2.82. The van der Waals surface area contributed by atoms with Crippen LogP contribution in [0.25, 0.3) is 10.2 Å². The largest absolute Gasteiger partial charge is 0.340 e. The Balaban J connectivity index is 1.56. The van der Waals surface area contributed by atoms with Crippen molar-refractivity contribution >= 4 is 21.6 Å². The van der Waals surface area contributed by atoms with Crippen molar-refractivity contribution in [3.8, 4) is 0 Å². The number of hydrogen-bond donors (Lipinski definition) is 2. The third kappa shape index (κ3) is 3.68. The van der Waals surface area contributed by atoms with Gasteiger partial charge in [-0.15, -0.1) is 11.3 Å². The maximum absolute atomic E-state index is 12.2. The minimum Gasteiger partial charge on any atom is -0.340 e. The standard InChI is InChI=1S/C18H21N3OS/c1-12-13(2)23-18-16(12)17(22)20-15(21-18)11-19-10-6-9-14-7-4-3-5-8-14/h3-5,7-8,19H,6,9-11H2,1-2H3,(H,20,21,22)/p+1. The van der Waals surface area contributed by atoms with Crippen molar-refractivity contribution in [2.75, 3.05) is 6.54 Å². The van der Waals surface area contributed by atoms with Gasteiger partial charge in [0.15, 0.2) is 5.82 Å². The highest BCUT2D eigenvalue weighted by atomic mass is 32.1. The first-order chi connectivity index (χ1) is 11.1. The molecular formula is C18H22N3OS+. The average molecular weight is 328 g/mol. The molecule has 4 nitrogen and oxygen atoms in total. The lowest BCUT2D eigenvalue weighted by atomic mass is 10.1. The summed E-state index contributed by atoms with van der Waals surface area (Å²) >= 11 is 1.60. The van der Waals surface area contributed by atoms with Crippen LogP contribution in [0.1, 0.15) is 28.2 Å². The molecule has 0 unspecified atom stereocenters. The van der Waals surface area contributed by atoms with Gasteiger partial charge in [0.1, 0.15) is 11.4 Å². The Morgan fingerprint density at radius 2 is 2.00 bits per heavy atom. The van der Waals surface area contributed by atoms with E-state index < -0.39 is 0 Å². The molecule has 3 N–H and O–H groups in total. The van der Waals surface area contributed by atoms with Gasteiger partial charge in [-0.3, -0.25) is 4.79 Å². The second-order valence-corrected chi connectivity index (χ2v) is 7.05. The molecule has 0 saturated carbocycles. The minimum atomic E-state index is -0.00969. The number of aromatic nitrogens is 2. The first-order valence-electron chi connectivity index (χ1n) is 7.99. The number of fused-ring (bicyclic) bond motifs is 1. The SMILES string of the molecule is Cc1sc2nc(C[NH2+]CCCc3ccccc3)[nH]c(=O)c2c1C. The van der Waals surface area contributed by atoms with Gasteiger partial charge in [-0.25, -0.2) is 4.98 Å². The second-order valence-electron chi connectivity index (χ2n) is 5.85. The lowest BCUT2D eigenvalue weighted by Gasteiger charge is -2.02. The molecule has 2 heterocycles. The molecule has 23 heavy (non-hydrogen) atoms. The number of quaternary nitrogens is 1. The molecule has 0 aliphatic heterocycles. The first kappa shape index (κ1) is 15.9. The predicted molar refractivity (Wildman–Crippen MR) is 95.0 cm³/mol. The van der Waals surface area contributed by atoms with E-state index in [1.165, 1.54) is 10.4 Å². The summed E-state index contributed by atoms with van der Waals surface area (Å²) in [6.07, 6.45) is 2.21. The third-order valence-corrected chi connectivity index (χ3v) is 5.24. The number of thiophene rings is 1. The highest BCUT2D eigenvalue weighted by Crippen LogP contribution is 2.25.